The van der Waals surface area contributed by atoms with E-state index in [1.54, 1.807) is 0 Å². The summed E-state index contributed by atoms with van der Waals surface area (Å²) in [7, 11) is 0. The van der Waals surface area contributed by atoms with Gasteiger partial charge < -0.3 is 5.11 Å². The van der Waals surface area contributed by atoms with Crippen LogP contribution in [-0.4, -0.2) is 22.4 Å². The predicted molar refractivity (Wildman–Crippen MR) is 99.1 cm³/mol. The van der Waals surface area contributed by atoms with E-state index in [2.05, 4.69) is 17.9 Å². The third-order valence-electron chi connectivity index (χ3n) is 4.06. The Labute approximate surface area is 147 Å². The molecule has 0 aliphatic rings. The molecule has 0 spiro atoms. The smallest absolute Gasteiger partial charge is 0.303 e. The van der Waals surface area contributed by atoms with Gasteiger partial charge in [-0.3, -0.25) is 10.1 Å². The molecule has 0 saturated carbocycles. The molecule has 0 aromatic carbocycles. The zero-order valence-electron chi connectivity index (χ0n) is 15.3. The summed E-state index contributed by atoms with van der Waals surface area (Å²) < 4.78 is 0. The highest BCUT2D eigenvalue weighted by Gasteiger charge is 2.02. The van der Waals surface area contributed by atoms with E-state index in [-0.39, 0.29) is 6.10 Å². The van der Waals surface area contributed by atoms with Gasteiger partial charge in [-0.25, -0.2) is 4.89 Å². The van der Waals surface area contributed by atoms with Crippen molar-refractivity contribution in [1.29, 1.82) is 0 Å². The first-order valence-electron chi connectivity index (χ1n) is 9.56. The van der Waals surface area contributed by atoms with Crippen molar-refractivity contribution in [3.63, 3.8) is 0 Å². The summed E-state index contributed by atoms with van der Waals surface area (Å²) in [6.07, 6.45) is 21.3. The fourth-order valence-electron chi connectivity index (χ4n) is 2.56. The second kappa shape index (κ2) is 18.2. The van der Waals surface area contributed by atoms with Crippen molar-refractivity contribution >= 4 is 5.97 Å². The maximum atomic E-state index is 10.4. The second-order valence-corrected chi connectivity index (χ2v) is 6.36. The number of unbranched alkanes of at least 4 members (excludes halogenated alkanes) is 9. The summed E-state index contributed by atoms with van der Waals surface area (Å²) in [4.78, 5) is 14.8. The molecule has 0 rings (SSSR count). The molecule has 24 heavy (non-hydrogen) atoms. The number of hydrogen-bond acceptors (Lipinski definition) is 3. The van der Waals surface area contributed by atoms with E-state index < -0.39 is 5.97 Å². The Morgan fingerprint density at radius 2 is 1.62 bits per heavy atom. The standard InChI is InChI=1S/C20H36O4/c1-2-3-13-16-19(24-23)17-14-11-9-7-5-4-6-8-10-12-15-18-20(21)22/h9,11,14,17,19,23H,2-8,10,12-13,15-16,18H2,1H3,(H,21,22)/b11-9+,17-14+/t19-/m0/s1. The van der Waals surface area contributed by atoms with E-state index in [0.717, 1.165) is 38.5 Å². The molecule has 1 atom stereocenters. The summed E-state index contributed by atoms with van der Waals surface area (Å²) in [6, 6.07) is 0. The quantitative estimate of drug-likeness (QED) is 0.145. The van der Waals surface area contributed by atoms with Gasteiger partial charge in [0.05, 0.1) is 0 Å². The third kappa shape index (κ3) is 17.2. The van der Waals surface area contributed by atoms with Crippen LogP contribution in [0.5, 0.6) is 0 Å². The van der Waals surface area contributed by atoms with E-state index in [1.165, 1.54) is 38.5 Å². The lowest BCUT2D eigenvalue weighted by Gasteiger charge is -2.07. The first-order valence-corrected chi connectivity index (χ1v) is 9.56. The van der Waals surface area contributed by atoms with Crippen LogP contribution in [0.15, 0.2) is 24.3 Å². The maximum Gasteiger partial charge on any atom is 0.303 e. The molecular formula is C20H36O4. The van der Waals surface area contributed by atoms with E-state index in [4.69, 9.17) is 10.4 Å². The lowest BCUT2D eigenvalue weighted by atomic mass is 10.1. The number of allylic oxidation sites excluding steroid dienone is 3. The Balaban J connectivity index is 3.44. The summed E-state index contributed by atoms with van der Waals surface area (Å²) in [5, 5.41) is 17.4. The molecule has 0 aliphatic heterocycles. The average molecular weight is 341 g/mol. The van der Waals surface area contributed by atoms with E-state index in [0.29, 0.717) is 6.42 Å². The molecule has 140 valence electrons. The van der Waals surface area contributed by atoms with Gasteiger partial charge in [0, 0.05) is 6.42 Å². The van der Waals surface area contributed by atoms with Crippen molar-refractivity contribution < 1.29 is 20.0 Å². The fourth-order valence-corrected chi connectivity index (χ4v) is 2.56. The molecule has 2 N–H and O–H groups in total. The molecule has 0 fully saturated rings. The van der Waals surface area contributed by atoms with Gasteiger partial charge in [0.1, 0.15) is 6.10 Å². The molecule has 0 heterocycles. The van der Waals surface area contributed by atoms with Crippen molar-refractivity contribution in [2.75, 3.05) is 0 Å². The molecule has 0 radical (unpaired) electrons. The molecule has 0 amide bonds. The second-order valence-electron chi connectivity index (χ2n) is 6.36. The van der Waals surface area contributed by atoms with Gasteiger partial charge >= 0.3 is 5.97 Å². The van der Waals surface area contributed by atoms with Crippen LogP contribution < -0.4 is 0 Å². The number of rotatable bonds is 17. The largest absolute Gasteiger partial charge is 0.481 e. The van der Waals surface area contributed by atoms with Gasteiger partial charge in [-0.2, -0.15) is 0 Å². The minimum atomic E-state index is -0.686. The Hall–Kier alpha value is -1.13. The molecule has 0 aliphatic carbocycles. The van der Waals surface area contributed by atoms with Crippen molar-refractivity contribution in [1.82, 2.24) is 0 Å². The zero-order valence-corrected chi connectivity index (χ0v) is 15.3. The van der Waals surface area contributed by atoms with E-state index in [1.807, 2.05) is 18.2 Å². The number of carbonyl (C=O) groups is 1. The van der Waals surface area contributed by atoms with Crippen molar-refractivity contribution in [2.45, 2.75) is 96.5 Å². The van der Waals surface area contributed by atoms with Crippen LogP contribution in [-0.2, 0) is 9.68 Å². The monoisotopic (exact) mass is 340 g/mol. The average Bonchev–Trinajstić information content (AvgIpc) is 2.57. The first-order chi connectivity index (χ1) is 11.7. The van der Waals surface area contributed by atoms with Crippen molar-refractivity contribution in [2.24, 2.45) is 0 Å². The number of carboxylic acid groups (broad SMARTS) is 1. The Morgan fingerprint density at radius 3 is 2.25 bits per heavy atom. The van der Waals surface area contributed by atoms with Crippen LogP contribution in [0, 0.1) is 0 Å². The van der Waals surface area contributed by atoms with Gasteiger partial charge in [0.2, 0.25) is 0 Å². The molecule has 0 bridgehead atoms. The van der Waals surface area contributed by atoms with Crippen molar-refractivity contribution in [3.8, 4) is 0 Å². The zero-order chi connectivity index (χ0) is 17.9. The molecular weight excluding hydrogens is 304 g/mol. The third-order valence-corrected chi connectivity index (χ3v) is 4.06. The lowest BCUT2D eigenvalue weighted by Crippen LogP contribution is -2.06. The van der Waals surface area contributed by atoms with Gasteiger partial charge in [0.25, 0.3) is 0 Å². The normalized spacial score (nSPS) is 13.1. The minimum absolute atomic E-state index is 0.192. The Kier molecular flexibility index (Phi) is 17.4. The summed E-state index contributed by atoms with van der Waals surface area (Å²) in [6.45, 7) is 2.16. The highest BCUT2D eigenvalue weighted by molar-refractivity contribution is 5.66. The summed E-state index contributed by atoms with van der Waals surface area (Å²) in [5.41, 5.74) is 0. The predicted octanol–water partition coefficient (Wildman–Crippen LogP) is 6.13. The van der Waals surface area contributed by atoms with Crippen LogP contribution >= 0.6 is 0 Å². The summed E-state index contributed by atoms with van der Waals surface area (Å²) >= 11 is 0. The molecule has 4 heteroatoms. The minimum Gasteiger partial charge on any atom is -0.481 e. The van der Waals surface area contributed by atoms with E-state index >= 15 is 0 Å². The first kappa shape index (κ1) is 22.9. The van der Waals surface area contributed by atoms with Crippen LogP contribution in [0.1, 0.15) is 90.4 Å². The van der Waals surface area contributed by atoms with Crippen LogP contribution in [0.3, 0.4) is 0 Å². The maximum absolute atomic E-state index is 10.4. The summed E-state index contributed by atoms with van der Waals surface area (Å²) in [5.74, 6) is -0.686. The molecule has 0 unspecified atom stereocenters. The van der Waals surface area contributed by atoms with Gasteiger partial charge in [-0.1, -0.05) is 82.6 Å². The van der Waals surface area contributed by atoms with Gasteiger partial charge in [-0.15, -0.1) is 0 Å². The SMILES string of the molecule is CCCCC[C@@H](/C=C/C=C/CCCCCCCCCC(=O)O)OO. The number of aliphatic carboxylic acids is 1. The topological polar surface area (TPSA) is 66.8 Å². The lowest BCUT2D eigenvalue weighted by molar-refractivity contribution is -0.267. The van der Waals surface area contributed by atoms with Crippen LogP contribution in [0.25, 0.3) is 0 Å². The highest BCUT2D eigenvalue weighted by Crippen LogP contribution is 2.10. The Bertz CT molecular complexity index is 337. The van der Waals surface area contributed by atoms with Crippen LogP contribution in [0.4, 0.5) is 0 Å². The van der Waals surface area contributed by atoms with Gasteiger partial charge in [0.15, 0.2) is 0 Å². The molecule has 4 nitrogen and oxygen atoms in total. The molecule has 0 saturated heterocycles. The fraction of sp³-hybridized carbons (Fsp3) is 0.750. The number of hydrogen-bond donors (Lipinski definition) is 2. The van der Waals surface area contributed by atoms with E-state index in [9.17, 15) is 4.79 Å². The van der Waals surface area contributed by atoms with Crippen molar-refractivity contribution in [3.05, 3.63) is 24.3 Å². The highest BCUT2D eigenvalue weighted by atomic mass is 17.1. The molecule has 0 aromatic heterocycles. The van der Waals surface area contributed by atoms with Crippen LogP contribution in [0.2, 0.25) is 0 Å². The van der Waals surface area contributed by atoms with Gasteiger partial charge in [-0.05, 0) is 25.7 Å². The molecule has 0 aromatic rings. The Morgan fingerprint density at radius 1 is 0.958 bits per heavy atom. The number of carboxylic acids is 1.